The van der Waals surface area contributed by atoms with Gasteiger partial charge in [-0.25, -0.2) is 8.42 Å². The summed E-state index contributed by atoms with van der Waals surface area (Å²) in [7, 11) is -4.04. The van der Waals surface area contributed by atoms with Gasteiger partial charge in [-0.2, -0.15) is 0 Å². The lowest BCUT2D eigenvalue weighted by molar-refractivity contribution is -0.119. The van der Waals surface area contributed by atoms with Crippen molar-refractivity contribution in [2.24, 2.45) is 0 Å². The number of carbonyl (C=O) groups excluding carboxylic acids is 1. The van der Waals surface area contributed by atoms with E-state index in [0.29, 0.717) is 10.0 Å². The molecule has 0 aliphatic carbocycles. The van der Waals surface area contributed by atoms with Crippen molar-refractivity contribution in [3.8, 4) is 5.75 Å². The topological polar surface area (TPSA) is 75.7 Å². The van der Waals surface area contributed by atoms with Gasteiger partial charge < -0.3 is 10.1 Å². The third-order valence-electron chi connectivity index (χ3n) is 4.57. The summed E-state index contributed by atoms with van der Waals surface area (Å²) in [5.74, 6) is 0.274. The Hall–Kier alpha value is -2.74. The van der Waals surface area contributed by atoms with Crippen molar-refractivity contribution in [1.82, 2.24) is 5.32 Å². The molecule has 33 heavy (non-hydrogen) atoms. The second kappa shape index (κ2) is 10.9. The Bertz CT molecular complexity index is 1200. The Morgan fingerprint density at radius 1 is 0.970 bits per heavy atom. The maximum Gasteiger partial charge on any atom is 0.264 e. The van der Waals surface area contributed by atoms with Crippen molar-refractivity contribution in [2.75, 3.05) is 10.8 Å². The van der Waals surface area contributed by atoms with E-state index in [-0.39, 0.29) is 23.2 Å². The normalized spacial score (nSPS) is 11.3. The van der Waals surface area contributed by atoms with Crippen LogP contribution in [0.1, 0.15) is 19.4 Å². The summed E-state index contributed by atoms with van der Waals surface area (Å²) in [6.45, 7) is 3.71. The molecule has 0 saturated carbocycles. The Morgan fingerprint density at radius 3 is 2.24 bits per heavy atom. The minimum Gasteiger partial charge on any atom is -0.491 e. The molecule has 0 spiro atoms. The van der Waals surface area contributed by atoms with Crippen LogP contribution in [0, 0.1) is 0 Å². The number of carbonyl (C=O) groups is 1. The van der Waals surface area contributed by atoms with Gasteiger partial charge in [-0.05, 0) is 74.0 Å². The number of anilines is 1. The predicted molar refractivity (Wildman–Crippen MR) is 131 cm³/mol. The summed E-state index contributed by atoms with van der Waals surface area (Å²) in [6, 6.07) is 19.4. The molecule has 3 aromatic rings. The van der Waals surface area contributed by atoms with E-state index < -0.39 is 22.5 Å². The van der Waals surface area contributed by atoms with E-state index in [4.69, 9.17) is 27.9 Å². The Kier molecular flexibility index (Phi) is 8.24. The van der Waals surface area contributed by atoms with Crippen LogP contribution in [0.2, 0.25) is 10.0 Å². The summed E-state index contributed by atoms with van der Waals surface area (Å²) in [5, 5.41) is 3.53. The molecule has 3 rings (SSSR count). The van der Waals surface area contributed by atoms with Gasteiger partial charge in [0.15, 0.2) is 0 Å². The number of hydrogen-bond donors (Lipinski definition) is 1. The first-order chi connectivity index (χ1) is 15.6. The summed E-state index contributed by atoms with van der Waals surface area (Å²) >= 11 is 12.0. The number of benzene rings is 3. The van der Waals surface area contributed by atoms with Gasteiger partial charge in [-0.15, -0.1) is 0 Å². The van der Waals surface area contributed by atoms with Crippen molar-refractivity contribution in [3.63, 3.8) is 0 Å². The van der Waals surface area contributed by atoms with Crippen LogP contribution in [0.15, 0.2) is 77.7 Å². The fraction of sp³-hybridized carbons (Fsp3) is 0.208. The average Bonchev–Trinajstić information content (AvgIpc) is 2.77. The standard InChI is InChI=1S/C24H24Cl2N2O4S/c1-17(2)32-22-10-6-18(7-11-22)15-27-24(29)16-28(21-5-3-4-20(26)14-21)33(30,31)23-12-8-19(25)9-13-23/h3-14,17H,15-16H2,1-2H3,(H,27,29). The van der Waals surface area contributed by atoms with Crippen LogP contribution in [-0.4, -0.2) is 27.0 Å². The smallest absolute Gasteiger partial charge is 0.264 e. The number of sulfonamides is 1. The summed E-state index contributed by atoms with van der Waals surface area (Å²) in [4.78, 5) is 12.7. The SMILES string of the molecule is CC(C)Oc1ccc(CNC(=O)CN(c2cccc(Cl)c2)S(=O)(=O)c2ccc(Cl)cc2)cc1. The van der Waals surface area contributed by atoms with Gasteiger partial charge >= 0.3 is 0 Å². The molecule has 0 bridgehead atoms. The molecule has 0 atom stereocenters. The molecule has 1 N–H and O–H groups in total. The van der Waals surface area contributed by atoms with Gasteiger partial charge in [-0.3, -0.25) is 9.10 Å². The fourth-order valence-electron chi connectivity index (χ4n) is 3.03. The van der Waals surface area contributed by atoms with Crippen LogP contribution in [0.4, 0.5) is 5.69 Å². The van der Waals surface area contributed by atoms with Gasteiger partial charge in [0.05, 0.1) is 16.7 Å². The maximum atomic E-state index is 13.3. The second-order valence-electron chi connectivity index (χ2n) is 7.53. The number of nitrogens with one attached hydrogen (secondary N) is 1. The van der Waals surface area contributed by atoms with E-state index in [0.717, 1.165) is 15.6 Å². The second-order valence-corrected chi connectivity index (χ2v) is 10.3. The molecule has 0 saturated heterocycles. The van der Waals surface area contributed by atoms with Crippen LogP contribution < -0.4 is 14.4 Å². The van der Waals surface area contributed by atoms with Crippen LogP contribution in [0.5, 0.6) is 5.75 Å². The van der Waals surface area contributed by atoms with E-state index in [1.54, 1.807) is 18.2 Å². The average molecular weight is 507 g/mol. The molecule has 1 amide bonds. The largest absolute Gasteiger partial charge is 0.491 e. The van der Waals surface area contributed by atoms with E-state index in [2.05, 4.69) is 5.32 Å². The van der Waals surface area contributed by atoms with Crippen molar-refractivity contribution >= 4 is 44.8 Å². The zero-order valence-electron chi connectivity index (χ0n) is 18.2. The highest BCUT2D eigenvalue weighted by molar-refractivity contribution is 7.92. The molecule has 0 radical (unpaired) electrons. The monoisotopic (exact) mass is 506 g/mol. The highest BCUT2D eigenvalue weighted by Gasteiger charge is 2.27. The molecule has 9 heteroatoms. The highest BCUT2D eigenvalue weighted by atomic mass is 35.5. The van der Waals surface area contributed by atoms with Gasteiger partial charge in [0.1, 0.15) is 12.3 Å². The van der Waals surface area contributed by atoms with Crippen LogP contribution >= 0.6 is 23.2 Å². The van der Waals surface area contributed by atoms with Gasteiger partial charge in [0, 0.05) is 16.6 Å². The molecule has 0 heterocycles. The predicted octanol–water partition coefficient (Wildman–Crippen LogP) is 5.29. The van der Waals surface area contributed by atoms with E-state index in [1.165, 1.54) is 30.3 Å². The number of ether oxygens (including phenoxy) is 1. The number of halogens is 2. The molecular formula is C24H24Cl2N2O4S. The summed E-state index contributed by atoms with van der Waals surface area (Å²) in [6.07, 6.45) is 0.0654. The van der Waals surface area contributed by atoms with E-state index >= 15 is 0 Å². The Morgan fingerprint density at radius 2 is 1.64 bits per heavy atom. The van der Waals surface area contributed by atoms with Crippen molar-refractivity contribution in [1.29, 1.82) is 0 Å². The van der Waals surface area contributed by atoms with Crippen LogP contribution in [-0.2, 0) is 21.4 Å². The van der Waals surface area contributed by atoms with E-state index in [1.807, 2.05) is 38.1 Å². The Balaban J connectivity index is 1.77. The van der Waals surface area contributed by atoms with Crippen molar-refractivity contribution in [3.05, 3.63) is 88.4 Å². The molecule has 6 nitrogen and oxygen atoms in total. The molecular weight excluding hydrogens is 483 g/mol. The molecule has 174 valence electrons. The summed E-state index contributed by atoms with van der Waals surface area (Å²) < 4.78 is 33.3. The lowest BCUT2D eigenvalue weighted by Crippen LogP contribution is -2.40. The number of hydrogen-bond acceptors (Lipinski definition) is 4. The minimum absolute atomic E-state index is 0.0143. The van der Waals surface area contributed by atoms with Gasteiger partial charge in [0.2, 0.25) is 5.91 Å². The van der Waals surface area contributed by atoms with Crippen molar-refractivity contribution < 1.29 is 17.9 Å². The third-order valence-corrected chi connectivity index (χ3v) is 6.85. The first kappa shape index (κ1) is 24.9. The fourth-order valence-corrected chi connectivity index (χ4v) is 4.75. The number of rotatable bonds is 9. The van der Waals surface area contributed by atoms with Crippen molar-refractivity contribution in [2.45, 2.75) is 31.4 Å². The molecule has 0 aromatic heterocycles. The van der Waals surface area contributed by atoms with Gasteiger partial charge in [-0.1, -0.05) is 41.4 Å². The zero-order valence-corrected chi connectivity index (χ0v) is 20.5. The molecule has 0 fully saturated rings. The third kappa shape index (κ3) is 6.87. The van der Waals surface area contributed by atoms with Crippen LogP contribution in [0.25, 0.3) is 0 Å². The zero-order chi connectivity index (χ0) is 24.0. The highest BCUT2D eigenvalue weighted by Crippen LogP contribution is 2.26. The number of amides is 1. The molecule has 0 aliphatic rings. The quantitative estimate of drug-likeness (QED) is 0.427. The lowest BCUT2D eigenvalue weighted by Gasteiger charge is -2.24. The van der Waals surface area contributed by atoms with Gasteiger partial charge in [0.25, 0.3) is 10.0 Å². The molecule has 0 unspecified atom stereocenters. The minimum atomic E-state index is -4.04. The summed E-state index contributed by atoms with van der Waals surface area (Å²) in [5.41, 5.74) is 1.14. The first-order valence-corrected chi connectivity index (χ1v) is 12.4. The maximum absolute atomic E-state index is 13.3. The first-order valence-electron chi connectivity index (χ1n) is 10.2. The van der Waals surface area contributed by atoms with Crippen LogP contribution in [0.3, 0.4) is 0 Å². The lowest BCUT2D eigenvalue weighted by atomic mass is 10.2. The Labute approximate surface area is 204 Å². The van der Waals surface area contributed by atoms with E-state index in [9.17, 15) is 13.2 Å². The molecule has 0 aliphatic heterocycles. The number of nitrogens with zero attached hydrogens (tertiary/aromatic N) is 1. The molecule has 3 aromatic carbocycles.